The first-order valence-corrected chi connectivity index (χ1v) is 11.2. The van der Waals surface area contributed by atoms with Gasteiger partial charge in [-0.3, -0.25) is 19.3 Å². The number of amides is 3. The van der Waals surface area contributed by atoms with E-state index in [2.05, 4.69) is 0 Å². The van der Waals surface area contributed by atoms with Crippen LogP contribution in [0.4, 0.5) is 0 Å². The maximum atomic E-state index is 13.5. The number of carbonyl (C=O) groups is 3. The predicted octanol–water partition coefficient (Wildman–Crippen LogP) is 2.97. The average molecular weight is 457 g/mol. The Morgan fingerprint density at radius 3 is 2.09 bits per heavy atom. The van der Waals surface area contributed by atoms with Crippen molar-refractivity contribution in [3.05, 3.63) is 53.1 Å². The van der Waals surface area contributed by atoms with E-state index < -0.39 is 17.9 Å². The zero-order valence-electron chi connectivity index (χ0n) is 18.3. The Morgan fingerprint density at radius 2 is 1.53 bits per heavy atom. The van der Waals surface area contributed by atoms with E-state index in [1.165, 1.54) is 0 Å². The molecule has 3 amide bonds. The molecule has 32 heavy (non-hydrogen) atoms. The van der Waals surface area contributed by atoms with Gasteiger partial charge in [0.2, 0.25) is 5.91 Å². The fraction of sp³-hybridized carbons (Fsp3) is 0.348. The molecule has 2 atom stereocenters. The molecule has 2 aliphatic heterocycles. The Bertz CT molecular complexity index is 1050. The lowest BCUT2D eigenvalue weighted by Crippen LogP contribution is -2.49. The molecule has 0 aliphatic carbocycles. The van der Waals surface area contributed by atoms with Crippen LogP contribution in [0.15, 0.2) is 36.4 Å². The quantitative estimate of drug-likeness (QED) is 0.618. The molecule has 0 radical (unpaired) electrons. The first kappa shape index (κ1) is 22.0. The largest absolute Gasteiger partial charge is 0.496 e. The summed E-state index contributed by atoms with van der Waals surface area (Å²) in [6.07, 6.45) is 0. The number of carbonyl (C=O) groups excluding carboxylic acids is 3. The summed E-state index contributed by atoms with van der Waals surface area (Å²) in [5.41, 5.74) is 1.41. The third kappa shape index (κ3) is 3.46. The second-order valence-corrected chi connectivity index (χ2v) is 8.59. The third-order valence-corrected chi connectivity index (χ3v) is 6.99. The molecule has 1 saturated heterocycles. The van der Waals surface area contributed by atoms with E-state index in [4.69, 9.17) is 14.2 Å². The minimum atomic E-state index is -0.935. The van der Waals surface area contributed by atoms with Crippen molar-refractivity contribution in [2.45, 2.75) is 18.3 Å². The molecule has 0 bridgehead atoms. The zero-order chi connectivity index (χ0) is 23.0. The molecule has 9 heteroatoms. The van der Waals surface area contributed by atoms with E-state index in [1.807, 2.05) is 0 Å². The normalized spacial score (nSPS) is 18.6. The Hall–Kier alpha value is -3.20. The standard InChI is InChI=1S/C23H24N2O6S/c1-13(25-21(27)14-7-5-6-8-15(14)22(25)28)20(26)24-9-10-32-23(24)16-11-18(30-3)19(31-4)12-17(16)29-2/h5-8,11-13,23H,9-10H2,1-4H3. The lowest BCUT2D eigenvalue weighted by molar-refractivity contribution is -0.135. The van der Waals surface area contributed by atoms with Crippen LogP contribution in [0.3, 0.4) is 0 Å². The molecule has 168 valence electrons. The number of methoxy groups -OCH3 is 3. The number of hydrogen-bond donors (Lipinski definition) is 0. The number of thioether (sulfide) groups is 1. The number of rotatable bonds is 6. The van der Waals surface area contributed by atoms with Gasteiger partial charge in [0.05, 0.1) is 32.5 Å². The maximum Gasteiger partial charge on any atom is 0.262 e. The monoisotopic (exact) mass is 456 g/mol. The Morgan fingerprint density at radius 1 is 0.969 bits per heavy atom. The van der Waals surface area contributed by atoms with Crippen LogP contribution in [0.1, 0.15) is 38.6 Å². The molecule has 2 aromatic rings. The van der Waals surface area contributed by atoms with Gasteiger partial charge in [0.25, 0.3) is 11.8 Å². The van der Waals surface area contributed by atoms with Crippen LogP contribution in [0.2, 0.25) is 0 Å². The van der Waals surface area contributed by atoms with E-state index in [0.29, 0.717) is 40.7 Å². The van der Waals surface area contributed by atoms with Crippen LogP contribution in [0.5, 0.6) is 17.2 Å². The highest BCUT2D eigenvalue weighted by Gasteiger charge is 2.44. The highest BCUT2D eigenvalue weighted by atomic mass is 32.2. The molecule has 0 spiro atoms. The predicted molar refractivity (Wildman–Crippen MR) is 119 cm³/mol. The Balaban J connectivity index is 1.64. The van der Waals surface area contributed by atoms with Crippen molar-refractivity contribution in [1.82, 2.24) is 9.80 Å². The minimum absolute atomic E-state index is 0.300. The van der Waals surface area contributed by atoms with Crippen LogP contribution in [0, 0.1) is 0 Å². The van der Waals surface area contributed by atoms with Gasteiger partial charge in [0.1, 0.15) is 17.2 Å². The van der Waals surface area contributed by atoms with Crippen molar-refractivity contribution < 1.29 is 28.6 Å². The molecule has 8 nitrogen and oxygen atoms in total. The van der Waals surface area contributed by atoms with Crippen molar-refractivity contribution in [3.63, 3.8) is 0 Å². The van der Waals surface area contributed by atoms with E-state index in [1.54, 1.807) is 81.3 Å². The van der Waals surface area contributed by atoms with E-state index >= 15 is 0 Å². The first-order valence-electron chi connectivity index (χ1n) is 10.1. The van der Waals surface area contributed by atoms with Crippen LogP contribution in [0.25, 0.3) is 0 Å². The molecule has 2 aliphatic rings. The molecule has 2 aromatic carbocycles. The van der Waals surface area contributed by atoms with Crippen LogP contribution in [-0.4, -0.2) is 67.2 Å². The van der Waals surface area contributed by atoms with Gasteiger partial charge in [-0.2, -0.15) is 0 Å². The SMILES string of the molecule is COc1cc(OC)c(C2SCCN2C(=O)C(C)N2C(=O)c3ccccc3C2=O)cc1OC. The van der Waals surface area contributed by atoms with Crippen molar-refractivity contribution in [2.75, 3.05) is 33.6 Å². The van der Waals surface area contributed by atoms with Gasteiger partial charge in [-0.05, 0) is 25.1 Å². The molecular formula is C23H24N2O6S. The number of hydrogen-bond acceptors (Lipinski definition) is 7. The molecule has 0 saturated carbocycles. The summed E-state index contributed by atoms with van der Waals surface area (Å²) in [6.45, 7) is 2.08. The van der Waals surface area contributed by atoms with Crippen LogP contribution < -0.4 is 14.2 Å². The molecule has 0 N–H and O–H groups in total. The molecule has 2 unspecified atom stereocenters. The van der Waals surface area contributed by atoms with E-state index in [0.717, 1.165) is 10.5 Å². The Labute approximate surface area is 190 Å². The second kappa shape index (κ2) is 8.74. The summed E-state index contributed by atoms with van der Waals surface area (Å²) in [4.78, 5) is 41.9. The molecule has 1 fully saturated rings. The second-order valence-electron chi connectivity index (χ2n) is 7.41. The summed E-state index contributed by atoms with van der Waals surface area (Å²) in [7, 11) is 4.64. The molecule has 0 aromatic heterocycles. The van der Waals surface area contributed by atoms with Crippen molar-refractivity contribution in [1.29, 1.82) is 0 Å². The highest BCUT2D eigenvalue weighted by molar-refractivity contribution is 7.99. The number of benzene rings is 2. The number of fused-ring (bicyclic) bond motifs is 1. The van der Waals surface area contributed by atoms with Gasteiger partial charge in [-0.15, -0.1) is 11.8 Å². The number of ether oxygens (including phenoxy) is 3. The summed E-state index contributed by atoms with van der Waals surface area (Å²) in [6, 6.07) is 9.21. The lowest BCUT2D eigenvalue weighted by Gasteiger charge is -2.31. The number of imide groups is 1. The summed E-state index contributed by atoms with van der Waals surface area (Å²) >= 11 is 1.58. The van der Waals surface area contributed by atoms with Crippen molar-refractivity contribution in [3.8, 4) is 17.2 Å². The van der Waals surface area contributed by atoms with Gasteiger partial charge in [0.15, 0.2) is 11.5 Å². The summed E-state index contributed by atoms with van der Waals surface area (Å²) in [5.74, 6) is 1.13. The van der Waals surface area contributed by atoms with Crippen LogP contribution >= 0.6 is 11.8 Å². The first-order chi connectivity index (χ1) is 15.4. The molecular weight excluding hydrogens is 432 g/mol. The molecule has 2 heterocycles. The van der Waals surface area contributed by atoms with Gasteiger partial charge >= 0.3 is 0 Å². The third-order valence-electron chi connectivity index (χ3n) is 5.75. The minimum Gasteiger partial charge on any atom is -0.496 e. The highest BCUT2D eigenvalue weighted by Crippen LogP contribution is 2.46. The van der Waals surface area contributed by atoms with E-state index in [9.17, 15) is 14.4 Å². The smallest absolute Gasteiger partial charge is 0.262 e. The van der Waals surface area contributed by atoms with Gasteiger partial charge in [0, 0.05) is 23.9 Å². The van der Waals surface area contributed by atoms with Crippen molar-refractivity contribution in [2.24, 2.45) is 0 Å². The summed E-state index contributed by atoms with van der Waals surface area (Å²) < 4.78 is 16.3. The average Bonchev–Trinajstić information content (AvgIpc) is 3.40. The van der Waals surface area contributed by atoms with E-state index in [-0.39, 0.29) is 11.3 Å². The maximum absolute atomic E-state index is 13.5. The van der Waals surface area contributed by atoms with Crippen molar-refractivity contribution >= 4 is 29.5 Å². The summed E-state index contributed by atoms with van der Waals surface area (Å²) in [5, 5.41) is -0.352. The van der Waals surface area contributed by atoms with Gasteiger partial charge in [-0.1, -0.05) is 12.1 Å². The van der Waals surface area contributed by atoms with Gasteiger partial charge in [-0.25, -0.2) is 0 Å². The topological polar surface area (TPSA) is 85.4 Å². The lowest BCUT2D eigenvalue weighted by atomic mass is 10.1. The molecule has 4 rings (SSSR count). The Kier molecular flexibility index (Phi) is 6.01. The fourth-order valence-corrected chi connectivity index (χ4v) is 5.39. The zero-order valence-corrected chi connectivity index (χ0v) is 19.1. The van der Waals surface area contributed by atoms with Crippen LogP contribution in [-0.2, 0) is 4.79 Å². The van der Waals surface area contributed by atoms with Gasteiger partial charge < -0.3 is 19.1 Å². The fourth-order valence-electron chi connectivity index (χ4n) is 4.11. The number of nitrogens with zero attached hydrogens (tertiary/aromatic N) is 2.